The van der Waals surface area contributed by atoms with Gasteiger partial charge in [-0.05, 0) is 38.5 Å². The van der Waals surface area contributed by atoms with E-state index in [9.17, 15) is 0 Å². The maximum absolute atomic E-state index is 2.77. The van der Waals surface area contributed by atoms with E-state index in [1.54, 1.807) is 5.96 Å². The van der Waals surface area contributed by atoms with Gasteiger partial charge in [-0.3, -0.25) is 14.4 Å². The summed E-state index contributed by atoms with van der Waals surface area (Å²) >= 11 is 0. The van der Waals surface area contributed by atoms with E-state index < -0.39 is 0 Å². The van der Waals surface area contributed by atoms with Crippen LogP contribution in [0.5, 0.6) is 0 Å². The monoisotopic (exact) mass is 475 g/mol. The molecule has 0 aromatic rings. The zero-order valence-electron chi connectivity index (χ0n) is 20.9. The number of guanidine groups is 1. The average molecular weight is 477 g/mol. The van der Waals surface area contributed by atoms with Gasteiger partial charge in [0.15, 0.2) is 0 Å². The van der Waals surface area contributed by atoms with Crippen LogP contribution < -0.4 is 17.0 Å². The SMILES string of the molecule is CCCCN(CCCC)C(N(CCCC)CCCC)=[N+](CCCC)CCCC.[Br-]. The standard InChI is InChI=1S/C25H54N3.BrH/c1-7-13-19-26(20-14-8-2)25(27(21-15-9-3)22-16-10-4)28(23-17-11-5)24-18-12-6;/h7-24H2,1-6H3;1H/q+1;/p-1. The third kappa shape index (κ3) is 14.4. The van der Waals surface area contributed by atoms with Crippen molar-refractivity contribution in [2.24, 2.45) is 0 Å². The molecule has 0 aliphatic carbocycles. The number of hydrogen-bond donors (Lipinski definition) is 0. The first kappa shape index (κ1) is 30.9. The fraction of sp³-hybridized carbons (Fsp3) is 0.960. The van der Waals surface area contributed by atoms with Gasteiger partial charge in [-0.25, -0.2) is 0 Å². The molecule has 0 unspecified atom stereocenters. The van der Waals surface area contributed by atoms with Crippen LogP contribution in [0.25, 0.3) is 0 Å². The van der Waals surface area contributed by atoms with Gasteiger partial charge in [0.05, 0.1) is 39.3 Å². The molecule has 29 heavy (non-hydrogen) atoms. The van der Waals surface area contributed by atoms with Gasteiger partial charge in [-0.2, -0.15) is 0 Å². The molecule has 0 radical (unpaired) electrons. The molecule has 0 bridgehead atoms. The van der Waals surface area contributed by atoms with Gasteiger partial charge in [0.1, 0.15) is 0 Å². The van der Waals surface area contributed by atoms with E-state index >= 15 is 0 Å². The highest BCUT2D eigenvalue weighted by molar-refractivity contribution is 5.75. The highest BCUT2D eigenvalue weighted by atomic mass is 79.9. The van der Waals surface area contributed by atoms with E-state index in [1.807, 2.05) is 0 Å². The van der Waals surface area contributed by atoms with Crippen molar-refractivity contribution in [3.63, 3.8) is 0 Å². The molecule has 0 aromatic carbocycles. The van der Waals surface area contributed by atoms with Crippen molar-refractivity contribution >= 4 is 5.96 Å². The second-order valence-electron chi connectivity index (χ2n) is 8.38. The normalized spacial score (nSPS) is 10.6. The number of hydrogen-bond acceptors (Lipinski definition) is 0. The van der Waals surface area contributed by atoms with Gasteiger partial charge in [0.25, 0.3) is 0 Å². The largest absolute Gasteiger partial charge is 1.00 e. The smallest absolute Gasteiger partial charge is 0.350 e. The van der Waals surface area contributed by atoms with Crippen LogP contribution in [0.15, 0.2) is 0 Å². The maximum atomic E-state index is 2.77. The summed E-state index contributed by atoms with van der Waals surface area (Å²) in [4.78, 5) is 5.54. The summed E-state index contributed by atoms with van der Waals surface area (Å²) in [6, 6.07) is 0. The summed E-state index contributed by atoms with van der Waals surface area (Å²) in [5, 5.41) is 0. The Labute approximate surface area is 195 Å². The first-order chi connectivity index (χ1) is 13.7. The second-order valence-corrected chi connectivity index (χ2v) is 8.38. The Morgan fingerprint density at radius 3 is 1.00 bits per heavy atom. The molecular weight excluding hydrogens is 422 g/mol. The lowest BCUT2D eigenvalue weighted by Gasteiger charge is -2.31. The fourth-order valence-electron chi connectivity index (χ4n) is 3.63. The number of rotatable bonds is 18. The van der Waals surface area contributed by atoms with E-state index in [0.29, 0.717) is 0 Å². The van der Waals surface area contributed by atoms with Crippen LogP contribution in [0.4, 0.5) is 0 Å². The first-order valence-electron chi connectivity index (χ1n) is 12.8. The molecule has 0 rings (SSSR count). The van der Waals surface area contributed by atoms with Crippen molar-refractivity contribution in [3.05, 3.63) is 0 Å². The minimum atomic E-state index is 0. The van der Waals surface area contributed by atoms with Crippen molar-refractivity contribution in [2.75, 3.05) is 39.3 Å². The van der Waals surface area contributed by atoms with Crippen LogP contribution >= 0.6 is 0 Å². The van der Waals surface area contributed by atoms with E-state index in [1.165, 1.54) is 116 Å². The molecule has 0 heterocycles. The van der Waals surface area contributed by atoms with Gasteiger partial charge in [-0.1, -0.05) is 80.1 Å². The minimum Gasteiger partial charge on any atom is -1.00 e. The third-order valence-electron chi connectivity index (χ3n) is 5.54. The van der Waals surface area contributed by atoms with Crippen LogP contribution in [-0.2, 0) is 0 Å². The number of nitrogens with zero attached hydrogens (tertiary/aromatic N) is 3. The Balaban J connectivity index is 0. The molecule has 3 nitrogen and oxygen atoms in total. The number of unbranched alkanes of at least 4 members (excludes halogenated alkanes) is 6. The molecule has 0 aromatic heterocycles. The van der Waals surface area contributed by atoms with Gasteiger partial charge >= 0.3 is 5.96 Å². The quantitative estimate of drug-likeness (QED) is 0.169. The van der Waals surface area contributed by atoms with Crippen molar-refractivity contribution < 1.29 is 21.6 Å². The van der Waals surface area contributed by atoms with Crippen molar-refractivity contribution in [3.8, 4) is 0 Å². The van der Waals surface area contributed by atoms with E-state index in [4.69, 9.17) is 0 Å². The highest BCUT2D eigenvalue weighted by Crippen LogP contribution is 2.10. The van der Waals surface area contributed by atoms with Crippen molar-refractivity contribution in [1.82, 2.24) is 9.80 Å². The molecule has 4 heteroatoms. The van der Waals surface area contributed by atoms with Crippen LogP contribution in [0, 0.1) is 0 Å². The number of halogens is 1. The second kappa shape index (κ2) is 22.4. The lowest BCUT2D eigenvalue weighted by Crippen LogP contribution is -3.00. The Morgan fingerprint density at radius 2 is 0.759 bits per heavy atom. The van der Waals surface area contributed by atoms with Crippen LogP contribution in [0.2, 0.25) is 0 Å². The van der Waals surface area contributed by atoms with Crippen LogP contribution in [0.1, 0.15) is 119 Å². The Hall–Kier alpha value is -0.250. The molecule has 0 saturated carbocycles. The summed E-state index contributed by atoms with van der Waals surface area (Å²) in [7, 11) is 0. The van der Waals surface area contributed by atoms with Gasteiger partial charge < -0.3 is 17.0 Å². The van der Waals surface area contributed by atoms with Crippen molar-refractivity contribution in [2.45, 2.75) is 119 Å². The molecule has 0 N–H and O–H groups in total. The maximum Gasteiger partial charge on any atom is 0.350 e. The Kier molecular flexibility index (Phi) is 23.9. The molecule has 176 valence electrons. The third-order valence-corrected chi connectivity index (χ3v) is 5.54. The Morgan fingerprint density at radius 1 is 0.483 bits per heavy atom. The van der Waals surface area contributed by atoms with E-state index in [-0.39, 0.29) is 17.0 Å². The minimum absolute atomic E-state index is 0. The van der Waals surface area contributed by atoms with Crippen molar-refractivity contribution in [1.29, 1.82) is 0 Å². The predicted octanol–water partition coefficient (Wildman–Crippen LogP) is 3.76. The molecule has 0 atom stereocenters. The molecular formula is C25H54BrN3. The molecule has 0 fully saturated rings. The average Bonchev–Trinajstić information content (AvgIpc) is 2.72. The lowest BCUT2D eigenvalue weighted by atomic mass is 10.2. The summed E-state index contributed by atoms with van der Waals surface area (Å²) in [6.07, 6.45) is 15.5. The topological polar surface area (TPSA) is 9.49 Å². The van der Waals surface area contributed by atoms with Gasteiger partial charge in [0, 0.05) is 0 Å². The van der Waals surface area contributed by atoms with Crippen LogP contribution in [-0.4, -0.2) is 59.6 Å². The predicted molar refractivity (Wildman–Crippen MR) is 128 cm³/mol. The first-order valence-corrected chi connectivity index (χ1v) is 12.8. The zero-order chi connectivity index (χ0) is 21.0. The molecule has 0 aliphatic rings. The van der Waals surface area contributed by atoms with Crippen LogP contribution in [0.3, 0.4) is 0 Å². The lowest BCUT2D eigenvalue weighted by molar-refractivity contribution is -0.539. The highest BCUT2D eigenvalue weighted by Gasteiger charge is 2.28. The molecule has 0 spiro atoms. The zero-order valence-corrected chi connectivity index (χ0v) is 22.5. The van der Waals surface area contributed by atoms with E-state index in [2.05, 4.69) is 55.9 Å². The summed E-state index contributed by atoms with van der Waals surface area (Å²) < 4.78 is 2.77. The van der Waals surface area contributed by atoms with E-state index in [0.717, 1.165) is 0 Å². The fourth-order valence-corrected chi connectivity index (χ4v) is 3.63. The molecule has 0 amide bonds. The Bertz CT molecular complexity index is 323. The molecule has 0 saturated heterocycles. The summed E-state index contributed by atoms with van der Waals surface area (Å²) in [6.45, 7) is 21.3. The summed E-state index contributed by atoms with van der Waals surface area (Å²) in [5.41, 5.74) is 0. The van der Waals surface area contributed by atoms with Gasteiger partial charge in [0.2, 0.25) is 0 Å². The summed E-state index contributed by atoms with van der Waals surface area (Å²) in [5.74, 6) is 1.57. The van der Waals surface area contributed by atoms with Gasteiger partial charge in [-0.15, -0.1) is 0 Å². The molecule has 0 aliphatic heterocycles.